The number of likely N-dealkylation sites (tertiary alicyclic amines) is 1. The van der Waals surface area contributed by atoms with Crippen molar-refractivity contribution >= 4 is 11.8 Å². The van der Waals surface area contributed by atoms with E-state index in [9.17, 15) is 18.4 Å². The number of halogens is 2. The van der Waals surface area contributed by atoms with Crippen molar-refractivity contribution in [2.24, 2.45) is 0 Å². The van der Waals surface area contributed by atoms with Crippen molar-refractivity contribution < 1.29 is 18.4 Å². The summed E-state index contributed by atoms with van der Waals surface area (Å²) in [6, 6.07) is 3.57. The number of aromatic nitrogens is 4. The van der Waals surface area contributed by atoms with E-state index < -0.39 is 11.6 Å². The maximum Gasteiger partial charge on any atom is 0.255 e. The predicted octanol–water partition coefficient (Wildman–Crippen LogP) is 3.04. The number of hydrogen-bond acceptors (Lipinski definition) is 6. The number of carbonyl (C=O) groups excluding carboxylic acids is 2. The predicted molar refractivity (Wildman–Crippen MR) is 123 cm³/mol. The second-order valence-corrected chi connectivity index (χ2v) is 8.58. The molecule has 2 aromatic heterocycles. The molecule has 1 aliphatic heterocycles. The molecule has 10 heteroatoms. The molecule has 35 heavy (non-hydrogen) atoms. The molecule has 4 rings (SSSR count). The fraction of sp³-hybridized carbons (Fsp3) is 0.360. The molecule has 0 spiro atoms. The first-order valence-corrected chi connectivity index (χ1v) is 11.4. The fourth-order valence-electron chi connectivity index (χ4n) is 4.12. The van der Waals surface area contributed by atoms with Crippen molar-refractivity contribution in [1.82, 2.24) is 30.2 Å². The maximum atomic E-state index is 13.9. The molecule has 0 aliphatic carbocycles. The number of amides is 2. The van der Waals surface area contributed by atoms with Gasteiger partial charge in [0.25, 0.3) is 5.91 Å². The zero-order chi connectivity index (χ0) is 24.9. The Bertz CT molecular complexity index is 1210. The molecular weight excluding hydrogens is 454 g/mol. The highest BCUT2D eigenvalue weighted by molar-refractivity contribution is 5.95. The lowest BCUT2D eigenvalue weighted by Crippen LogP contribution is -2.39. The van der Waals surface area contributed by atoms with Gasteiger partial charge in [-0.15, -0.1) is 0 Å². The molecule has 1 aliphatic rings. The van der Waals surface area contributed by atoms with E-state index in [1.54, 1.807) is 24.2 Å². The zero-order valence-electron chi connectivity index (χ0n) is 19.6. The van der Waals surface area contributed by atoms with Gasteiger partial charge in [0.15, 0.2) is 0 Å². The van der Waals surface area contributed by atoms with E-state index >= 15 is 0 Å². The van der Waals surface area contributed by atoms with Gasteiger partial charge in [0, 0.05) is 37.0 Å². The van der Waals surface area contributed by atoms with E-state index in [4.69, 9.17) is 0 Å². The monoisotopic (exact) mass is 480 g/mol. The molecule has 3 aromatic rings. The molecule has 0 atom stereocenters. The Morgan fingerprint density at radius 1 is 1.03 bits per heavy atom. The normalized spacial score (nSPS) is 14.1. The quantitative estimate of drug-likeness (QED) is 0.582. The Hall–Kier alpha value is -3.82. The second-order valence-electron chi connectivity index (χ2n) is 8.58. The molecule has 0 bridgehead atoms. The van der Waals surface area contributed by atoms with Gasteiger partial charge in [-0.1, -0.05) is 6.07 Å². The average molecular weight is 481 g/mol. The molecule has 182 valence electrons. The molecular formula is C25H26F2N6O2. The van der Waals surface area contributed by atoms with Crippen LogP contribution < -0.4 is 5.32 Å². The van der Waals surface area contributed by atoms with Crippen molar-refractivity contribution in [2.75, 3.05) is 13.1 Å². The van der Waals surface area contributed by atoms with Crippen molar-refractivity contribution in [1.29, 1.82) is 0 Å². The van der Waals surface area contributed by atoms with E-state index in [1.165, 1.54) is 12.3 Å². The van der Waals surface area contributed by atoms with Crippen molar-refractivity contribution in [2.45, 2.75) is 45.6 Å². The molecule has 1 N–H and O–H groups in total. The lowest BCUT2D eigenvalue weighted by Gasteiger charge is -2.32. The minimum Gasteiger partial charge on any atom is -0.346 e. The molecule has 2 amide bonds. The Balaban J connectivity index is 1.41. The van der Waals surface area contributed by atoms with Gasteiger partial charge in [0.1, 0.15) is 17.5 Å². The van der Waals surface area contributed by atoms with Gasteiger partial charge >= 0.3 is 0 Å². The summed E-state index contributed by atoms with van der Waals surface area (Å²) in [5, 5.41) is 2.84. The van der Waals surface area contributed by atoms with Crippen LogP contribution in [-0.4, -0.2) is 49.7 Å². The number of benzene rings is 1. The molecule has 1 saturated heterocycles. The van der Waals surface area contributed by atoms with E-state index in [0.29, 0.717) is 48.7 Å². The van der Waals surface area contributed by atoms with Crippen LogP contribution >= 0.6 is 0 Å². The third kappa shape index (κ3) is 5.82. The third-order valence-corrected chi connectivity index (χ3v) is 6.07. The Kier molecular flexibility index (Phi) is 7.38. The number of nitrogens with one attached hydrogen (secondary N) is 1. The number of aryl methyl sites for hydroxylation is 2. The summed E-state index contributed by atoms with van der Waals surface area (Å²) in [7, 11) is 0. The standard InChI is InChI=1S/C25H26F2N6O2/c1-15-11-30-18(12-28-15)13-31-25(35)20-14-29-16(2)32-24(20)17-6-8-33(9-7-17)23(34)10-19-21(26)4-3-5-22(19)27/h3-5,11-12,14,17H,6-10,13H2,1-2H3,(H,31,35). The first-order valence-electron chi connectivity index (χ1n) is 11.4. The van der Waals surface area contributed by atoms with Gasteiger partial charge in [-0.05, 0) is 38.8 Å². The number of rotatable bonds is 6. The van der Waals surface area contributed by atoms with E-state index in [1.807, 2.05) is 6.92 Å². The summed E-state index contributed by atoms with van der Waals surface area (Å²) < 4.78 is 27.9. The van der Waals surface area contributed by atoms with Crippen LogP contribution in [0.3, 0.4) is 0 Å². The lowest BCUT2D eigenvalue weighted by molar-refractivity contribution is -0.131. The van der Waals surface area contributed by atoms with Crippen LogP contribution in [-0.2, 0) is 17.8 Å². The summed E-state index contributed by atoms with van der Waals surface area (Å²) in [6.07, 6.45) is 5.59. The average Bonchev–Trinajstić information content (AvgIpc) is 2.86. The summed E-state index contributed by atoms with van der Waals surface area (Å²) >= 11 is 0. The minimum absolute atomic E-state index is 0.0501. The zero-order valence-corrected chi connectivity index (χ0v) is 19.6. The van der Waals surface area contributed by atoms with Gasteiger partial charge in [0.2, 0.25) is 5.91 Å². The van der Waals surface area contributed by atoms with Crippen LogP contribution in [0.5, 0.6) is 0 Å². The van der Waals surface area contributed by atoms with Gasteiger partial charge in [-0.2, -0.15) is 0 Å². The van der Waals surface area contributed by atoms with Crippen LogP contribution in [0.2, 0.25) is 0 Å². The maximum absolute atomic E-state index is 13.9. The molecule has 0 saturated carbocycles. The minimum atomic E-state index is -0.725. The second kappa shape index (κ2) is 10.6. The summed E-state index contributed by atoms with van der Waals surface area (Å²) in [6.45, 7) is 4.63. The summed E-state index contributed by atoms with van der Waals surface area (Å²) in [4.78, 5) is 44.4. The van der Waals surface area contributed by atoms with Gasteiger partial charge in [-0.25, -0.2) is 18.7 Å². The number of hydrogen-bond donors (Lipinski definition) is 1. The Morgan fingerprint density at radius 3 is 2.40 bits per heavy atom. The SMILES string of the molecule is Cc1cnc(CNC(=O)c2cnc(C)nc2C2CCN(C(=O)Cc3c(F)cccc3F)CC2)cn1. The highest BCUT2D eigenvalue weighted by Crippen LogP contribution is 2.29. The Labute approximate surface area is 201 Å². The van der Waals surface area contributed by atoms with Crippen molar-refractivity contribution in [3.63, 3.8) is 0 Å². The van der Waals surface area contributed by atoms with Crippen molar-refractivity contribution in [3.05, 3.63) is 82.5 Å². The summed E-state index contributed by atoms with van der Waals surface area (Å²) in [5.41, 5.74) is 2.23. The van der Waals surface area contributed by atoms with E-state index in [2.05, 4.69) is 25.3 Å². The van der Waals surface area contributed by atoms with Crippen molar-refractivity contribution in [3.8, 4) is 0 Å². The number of carbonyl (C=O) groups is 2. The van der Waals surface area contributed by atoms with Gasteiger partial charge < -0.3 is 10.2 Å². The number of piperidine rings is 1. The highest BCUT2D eigenvalue weighted by Gasteiger charge is 2.29. The smallest absolute Gasteiger partial charge is 0.255 e. The number of nitrogens with zero attached hydrogens (tertiary/aromatic N) is 5. The topological polar surface area (TPSA) is 101 Å². The van der Waals surface area contributed by atoms with Gasteiger partial charge in [-0.3, -0.25) is 19.6 Å². The summed E-state index contributed by atoms with van der Waals surface area (Å²) in [5.74, 6) is -1.59. The Morgan fingerprint density at radius 2 is 1.74 bits per heavy atom. The van der Waals surface area contributed by atoms with Crippen LogP contribution in [0, 0.1) is 25.5 Å². The van der Waals surface area contributed by atoms with E-state index in [-0.39, 0.29) is 36.3 Å². The van der Waals surface area contributed by atoms with E-state index in [0.717, 1.165) is 17.8 Å². The lowest BCUT2D eigenvalue weighted by atomic mass is 9.90. The molecule has 0 radical (unpaired) electrons. The van der Waals surface area contributed by atoms with Gasteiger partial charge in [0.05, 0.1) is 41.8 Å². The molecule has 1 fully saturated rings. The highest BCUT2D eigenvalue weighted by atomic mass is 19.1. The van der Waals surface area contributed by atoms with Crippen LogP contribution in [0.25, 0.3) is 0 Å². The largest absolute Gasteiger partial charge is 0.346 e. The first kappa shape index (κ1) is 24.3. The molecule has 3 heterocycles. The molecule has 8 nitrogen and oxygen atoms in total. The first-order chi connectivity index (χ1) is 16.8. The van der Waals surface area contributed by atoms with Crippen LogP contribution in [0.4, 0.5) is 8.78 Å². The fourth-order valence-corrected chi connectivity index (χ4v) is 4.12. The van der Waals surface area contributed by atoms with Crippen LogP contribution in [0.15, 0.2) is 36.8 Å². The molecule has 1 aromatic carbocycles. The van der Waals surface area contributed by atoms with Crippen LogP contribution in [0.1, 0.15) is 57.6 Å². The third-order valence-electron chi connectivity index (χ3n) is 6.07. The molecule has 0 unspecified atom stereocenters.